The Morgan fingerprint density at radius 2 is 1.83 bits per heavy atom. The number of benzene rings is 1. The zero-order chi connectivity index (χ0) is 16.9. The Morgan fingerprint density at radius 1 is 1.13 bits per heavy atom. The van der Waals surface area contributed by atoms with Crippen molar-refractivity contribution in [1.29, 1.82) is 0 Å². The van der Waals surface area contributed by atoms with E-state index in [1.54, 1.807) is 37.3 Å². The van der Waals surface area contributed by atoms with Crippen LogP contribution in [0.2, 0.25) is 0 Å². The van der Waals surface area contributed by atoms with Gasteiger partial charge in [-0.2, -0.15) is 13.2 Å². The number of hydrogen-bond acceptors (Lipinski definition) is 4. The lowest BCUT2D eigenvalue weighted by molar-refractivity contribution is -0.142. The van der Waals surface area contributed by atoms with Gasteiger partial charge in [-0.15, -0.1) is 0 Å². The van der Waals surface area contributed by atoms with E-state index in [0.717, 1.165) is 6.07 Å². The Morgan fingerprint density at radius 3 is 2.48 bits per heavy atom. The first-order valence-corrected chi connectivity index (χ1v) is 6.80. The predicted molar refractivity (Wildman–Crippen MR) is 76.0 cm³/mol. The van der Waals surface area contributed by atoms with Gasteiger partial charge in [0.1, 0.15) is 18.1 Å². The van der Waals surface area contributed by atoms with Crippen LogP contribution >= 0.6 is 0 Å². The zero-order valence-corrected chi connectivity index (χ0v) is 12.2. The molecule has 0 saturated carbocycles. The van der Waals surface area contributed by atoms with Gasteiger partial charge in [0, 0.05) is 6.07 Å². The highest BCUT2D eigenvalue weighted by molar-refractivity contribution is 5.74. The Kier molecular flexibility index (Phi) is 5.20. The first-order chi connectivity index (χ1) is 10.9. The molecule has 1 atom stereocenters. The Balaban J connectivity index is 1.91. The van der Waals surface area contributed by atoms with Gasteiger partial charge >= 0.3 is 12.1 Å². The summed E-state index contributed by atoms with van der Waals surface area (Å²) in [5, 5.41) is 0. The second-order valence-electron chi connectivity index (χ2n) is 4.81. The SMILES string of the molecule is CC(COc1cccc(C(F)(F)F)n1)C(=O)Oc1ccccc1. The Labute approximate surface area is 130 Å². The van der Waals surface area contributed by atoms with Crippen LogP contribution in [-0.2, 0) is 11.0 Å². The van der Waals surface area contributed by atoms with Gasteiger partial charge < -0.3 is 9.47 Å². The summed E-state index contributed by atoms with van der Waals surface area (Å²) < 4.78 is 47.9. The van der Waals surface area contributed by atoms with Gasteiger partial charge in [0.25, 0.3) is 0 Å². The summed E-state index contributed by atoms with van der Waals surface area (Å²) in [6.45, 7) is 1.42. The van der Waals surface area contributed by atoms with E-state index in [9.17, 15) is 18.0 Å². The van der Waals surface area contributed by atoms with E-state index in [1.165, 1.54) is 12.1 Å². The Hall–Kier alpha value is -2.57. The van der Waals surface area contributed by atoms with Gasteiger partial charge in [0.2, 0.25) is 5.88 Å². The maximum absolute atomic E-state index is 12.5. The van der Waals surface area contributed by atoms with Crippen molar-refractivity contribution < 1.29 is 27.4 Å². The minimum absolute atomic E-state index is 0.139. The smallest absolute Gasteiger partial charge is 0.433 e. The minimum Gasteiger partial charge on any atom is -0.477 e. The van der Waals surface area contributed by atoms with Gasteiger partial charge in [0.15, 0.2) is 0 Å². The molecule has 0 saturated heterocycles. The summed E-state index contributed by atoms with van der Waals surface area (Å²) in [6, 6.07) is 11.8. The maximum atomic E-state index is 12.5. The summed E-state index contributed by atoms with van der Waals surface area (Å²) in [6.07, 6.45) is -4.54. The van der Waals surface area contributed by atoms with Crippen LogP contribution in [-0.4, -0.2) is 17.6 Å². The normalized spacial score (nSPS) is 12.5. The Bertz CT molecular complexity index is 659. The van der Waals surface area contributed by atoms with Crippen molar-refractivity contribution in [3.05, 3.63) is 54.2 Å². The van der Waals surface area contributed by atoms with Gasteiger partial charge in [-0.1, -0.05) is 24.3 Å². The van der Waals surface area contributed by atoms with Gasteiger partial charge in [0.05, 0.1) is 5.92 Å². The first-order valence-electron chi connectivity index (χ1n) is 6.80. The first kappa shape index (κ1) is 16.8. The number of para-hydroxylation sites is 1. The number of rotatable bonds is 5. The van der Waals surface area contributed by atoms with E-state index in [1.807, 2.05) is 0 Å². The number of alkyl halides is 3. The topological polar surface area (TPSA) is 48.4 Å². The van der Waals surface area contributed by atoms with E-state index in [-0.39, 0.29) is 12.5 Å². The van der Waals surface area contributed by atoms with E-state index in [0.29, 0.717) is 5.75 Å². The maximum Gasteiger partial charge on any atom is 0.433 e. The largest absolute Gasteiger partial charge is 0.477 e. The van der Waals surface area contributed by atoms with Crippen LogP contribution in [0.4, 0.5) is 13.2 Å². The highest BCUT2D eigenvalue weighted by Crippen LogP contribution is 2.28. The third-order valence-electron chi connectivity index (χ3n) is 2.86. The number of ether oxygens (including phenoxy) is 2. The number of carbonyl (C=O) groups is 1. The second-order valence-corrected chi connectivity index (χ2v) is 4.81. The van der Waals surface area contributed by atoms with Crippen molar-refractivity contribution in [2.24, 2.45) is 5.92 Å². The summed E-state index contributed by atoms with van der Waals surface area (Å²) in [5.74, 6) is -1.00. The van der Waals surface area contributed by atoms with Crippen LogP contribution in [0.15, 0.2) is 48.5 Å². The van der Waals surface area contributed by atoms with E-state index in [2.05, 4.69) is 4.98 Å². The molecule has 0 bridgehead atoms. The number of hydrogen-bond donors (Lipinski definition) is 0. The lowest BCUT2D eigenvalue weighted by Gasteiger charge is -2.13. The summed E-state index contributed by atoms with van der Waals surface area (Å²) >= 11 is 0. The number of halogens is 3. The van der Waals surface area contributed by atoms with E-state index < -0.39 is 23.8 Å². The molecule has 0 radical (unpaired) electrons. The van der Waals surface area contributed by atoms with E-state index in [4.69, 9.17) is 9.47 Å². The van der Waals surface area contributed by atoms with Crippen molar-refractivity contribution in [2.45, 2.75) is 13.1 Å². The third-order valence-corrected chi connectivity index (χ3v) is 2.86. The molecule has 1 aromatic heterocycles. The third kappa shape index (κ3) is 4.98. The molecule has 0 spiro atoms. The lowest BCUT2D eigenvalue weighted by atomic mass is 10.2. The summed E-state index contributed by atoms with van der Waals surface area (Å²) in [7, 11) is 0. The van der Waals surface area contributed by atoms with Crippen LogP contribution in [0.1, 0.15) is 12.6 Å². The molecule has 4 nitrogen and oxygen atoms in total. The van der Waals surface area contributed by atoms with Crippen molar-refractivity contribution in [3.63, 3.8) is 0 Å². The van der Waals surface area contributed by atoms with Crippen LogP contribution in [0.5, 0.6) is 11.6 Å². The van der Waals surface area contributed by atoms with Gasteiger partial charge in [-0.25, -0.2) is 4.98 Å². The molecule has 1 unspecified atom stereocenters. The molecule has 1 heterocycles. The fraction of sp³-hybridized carbons (Fsp3) is 0.250. The summed E-state index contributed by atoms with van der Waals surface area (Å²) in [4.78, 5) is 15.2. The molecule has 0 aliphatic rings. The predicted octanol–water partition coefficient (Wildman–Crippen LogP) is 3.72. The number of pyridine rings is 1. The molecule has 0 aliphatic heterocycles. The van der Waals surface area contributed by atoms with E-state index >= 15 is 0 Å². The van der Waals surface area contributed by atoms with Crippen LogP contribution in [0.3, 0.4) is 0 Å². The van der Waals surface area contributed by atoms with Crippen molar-refractivity contribution >= 4 is 5.97 Å². The average Bonchev–Trinajstić information content (AvgIpc) is 2.53. The van der Waals surface area contributed by atoms with Crippen LogP contribution in [0, 0.1) is 5.92 Å². The fourth-order valence-electron chi connectivity index (χ4n) is 1.64. The molecule has 0 aliphatic carbocycles. The van der Waals surface area contributed by atoms with Gasteiger partial charge in [-0.3, -0.25) is 4.79 Å². The highest BCUT2D eigenvalue weighted by atomic mass is 19.4. The molecule has 122 valence electrons. The molecule has 2 aromatic rings. The van der Waals surface area contributed by atoms with Crippen LogP contribution < -0.4 is 9.47 Å². The summed E-state index contributed by atoms with van der Waals surface area (Å²) in [5.41, 5.74) is -1.05. The quantitative estimate of drug-likeness (QED) is 0.621. The van der Waals surface area contributed by atoms with Crippen molar-refractivity contribution in [3.8, 4) is 11.6 Å². The molecule has 0 fully saturated rings. The molecular formula is C16H14F3NO3. The molecular weight excluding hydrogens is 311 g/mol. The van der Waals surface area contributed by atoms with Crippen molar-refractivity contribution in [1.82, 2.24) is 4.98 Å². The number of esters is 1. The minimum atomic E-state index is -4.54. The lowest BCUT2D eigenvalue weighted by Crippen LogP contribution is -2.24. The van der Waals surface area contributed by atoms with Gasteiger partial charge in [-0.05, 0) is 25.1 Å². The molecule has 0 N–H and O–H groups in total. The standard InChI is InChI=1S/C16H14F3NO3/c1-11(15(21)23-12-6-3-2-4-7-12)10-22-14-9-5-8-13(20-14)16(17,18)19/h2-9,11H,10H2,1H3. The molecule has 7 heteroatoms. The van der Waals surface area contributed by atoms with Crippen molar-refractivity contribution in [2.75, 3.05) is 6.61 Å². The average molecular weight is 325 g/mol. The zero-order valence-electron chi connectivity index (χ0n) is 12.2. The number of aromatic nitrogens is 1. The highest BCUT2D eigenvalue weighted by Gasteiger charge is 2.32. The fourth-order valence-corrected chi connectivity index (χ4v) is 1.64. The van der Waals surface area contributed by atoms with Crippen LogP contribution in [0.25, 0.3) is 0 Å². The molecule has 0 amide bonds. The second kappa shape index (κ2) is 7.13. The monoisotopic (exact) mass is 325 g/mol. The number of carbonyl (C=O) groups excluding carboxylic acids is 1. The molecule has 1 aromatic carbocycles. The number of nitrogens with zero attached hydrogens (tertiary/aromatic N) is 1. The molecule has 2 rings (SSSR count). The molecule has 23 heavy (non-hydrogen) atoms.